The number of benzene rings is 1. The molecule has 124 valence electrons. The second-order valence-corrected chi connectivity index (χ2v) is 10.2. The summed E-state index contributed by atoms with van der Waals surface area (Å²) in [6.07, 6.45) is 1.72. The minimum atomic E-state index is -2.94. The van der Waals surface area contributed by atoms with Gasteiger partial charge in [-0.25, -0.2) is 13.4 Å². The van der Waals surface area contributed by atoms with Crippen LogP contribution in [-0.2, 0) is 14.6 Å². The first-order valence-corrected chi connectivity index (χ1v) is 11.1. The summed E-state index contributed by atoms with van der Waals surface area (Å²) in [6, 6.07) is 7.83. The van der Waals surface area contributed by atoms with Gasteiger partial charge >= 0.3 is 0 Å². The van der Waals surface area contributed by atoms with Crippen molar-refractivity contribution in [3.05, 3.63) is 24.3 Å². The van der Waals surface area contributed by atoms with Gasteiger partial charge in [0.1, 0.15) is 0 Å². The Kier molecular flexibility index (Phi) is 5.23. The van der Waals surface area contributed by atoms with Crippen molar-refractivity contribution in [2.24, 2.45) is 0 Å². The quantitative estimate of drug-likeness (QED) is 0.624. The molecule has 1 aromatic carbocycles. The fraction of sp³-hybridized carbons (Fsp3) is 0.467. The second-order valence-electron chi connectivity index (χ2n) is 5.57. The van der Waals surface area contributed by atoms with Crippen LogP contribution in [0.3, 0.4) is 0 Å². The van der Waals surface area contributed by atoms with Crippen LogP contribution in [0.25, 0.3) is 10.2 Å². The molecule has 1 saturated heterocycles. The molecule has 0 saturated carbocycles. The number of fused-ring (bicyclic) bond motifs is 1. The number of thioether (sulfide) groups is 1. The largest absolute Gasteiger partial charge is 0.352 e. The maximum Gasteiger partial charge on any atom is 0.220 e. The van der Waals surface area contributed by atoms with E-state index >= 15 is 0 Å². The summed E-state index contributed by atoms with van der Waals surface area (Å²) in [5.41, 5.74) is 1.01. The number of thiazole rings is 1. The Bertz CT molecular complexity index is 768. The van der Waals surface area contributed by atoms with E-state index in [0.29, 0.717) is 12.8 Å². The number of aromatic nitrogens is 1. The minimum Gasteiger partial charge on any atom is -0.352 e. The molecule has 1 aromatic heterocycles. The molecule has 1 N–H and O–H groups in total. The zero-order valence-corrected chi connectivity index (χ0v) is 15.0. The highest BCUT2D eigenvalue weighted by atomic mass is 32.2. The molecule has 2 aromatic rings. The summed E-state index contributed by atoms with van der Waals surface area (Å²) in [7, 11) is -2.94. The average Bonchev–Trinajstić information content (AvgIpc) is 3.06. The molecule has 5 nitrogen and oxygen atoms in total. The van der Waals surface area contributed by atoms with E-state index in [0.717, 1.165) is 22.0 Å². The van der Waals surface area contributed by atoms with Gasteiger partial charge in [0.2, 0.25) is 5.91 Å². The van der Waals surface area contributed by atoms with Crippen molar-refractivity contribution in [3.63, 3.8) is 0 Å². The molecule has 0 aliphatic carbocycles. The van der Waals surface area contributed by atoms with E-state index in [4.69, 9.17) is 0 Å². The van der Waals surface area contributed by atoms with Gasteiger partial charge in [-0.1, -0.05) is 23.9 Å². The van der Waals surface area contributed by atoms with Gasteiger partial charge in [-0.3, -0.25) is 4.79 Å². The van der Waals surface area contributed by atoms with Gasteiger partial charge < -0.3 is 5.32 Å². The minimum absolute atomic E-state index is 0.0583. The van der Waals surface area contributed by atoms with Crippen LogP contribution >= 0.6 is 23.1 Å². The van der Waals surface area contributed by atoms with Crippen LogP contribution in [0.2, 0.25) is 0 Å². The summed E-state index contributed by atoms with van der Waals surface area (Å²) in [5.74, 6) is 1.04. The van der Waals surface area contributed by atoms with E-state index in [9.17, 15) is 13.2 Å². The van der Waals surface area contributed by atoms with Gasteiger partial charge in [-0.05, 0) is 25.0 Å². The molecule has 0 bridgehead atoms. The molecule has 1 aliphatic heterocycles. The molecule has 0 spiro atoms. The Labute approximate surface area is 143 Å². The molecule has 8 heteroatoms. The Morgan fingerprint density at radius 3 is 2.96 bits per heavy atom. The van der Waals surface area contributed by atoms with E-state index in [2.05, 4.69) is 16.4 Å². The fourth-order valence-corrected chi connectivity index (χ4v) is 6.27. The molecule has 1 aliphatic rings. The molecule has 2 heterocycles. The lowest BCUT2D eigenvalue weighted by Crippen LogP contribution is -2.35. The third kappa shape index (κ3) is 4.68. The van der Waals surface area contributed by atoms with E-state index in [1.807, 2.05) is 18.2 Å². The number of carbonyl (C=O) groups excluding carboxylic acids is 1. The fourth-order valence-electron chi connectivity index (χ4n) is 2.51. The molecule has 1 atom stereocenters. The zero-order chi connectivity index (χ0) is 16.3. The summed E-state index contributed by atoms with van der Waals surface area (Å²) in [5, 5.41) is 2.81. The number of rotatable bonds is 6. The Morgan fingerprint density at radius 2 is 2.22 bits per heavy atom. The first-order valence-electron chi connectivity index (χ1n) is 7.50. The molecule has 23 heavy (non-hydrogen) atoms. The van der Waals surface area contributed by atoms with Crippen LogP contribution in [0.15, 0.2) is 28.6 Å². The van der Waals surface area contributed by atoms with Crippen LogP contribution in [0.4, 0.5) is 0 Å². The predicted molar refractivity (Wildman–Crippen MR) is 94.8 cm³/mol. The highest BCUT2D eigenvalue weighted by molar-refractivity contribution is 8.01. The van der Waals surface area contributed by atoms with E-state index < -0.39 is 9.84 Å². The normalized spacial score (nSPS) is 19.9. The zero-order valence-electron chi connectivity index (χ0n) is 12.5. The van der Waals surface area contributed by atoms with Gasteiger partial charge in [0.25, 0.3) is 0 Å². The van der Waals surface area contributed by atoms with E-state index in [1.54, 1.807) is 23.1 Å². The number of para-hydroxylation sites is 1. The first kappa shape index (κ1) is 16.7. The van der Waals surface area contributed by atoms with Crippen LogP contribution < -0.4 is 5.32 Å². The number of sulfone groups is 1. The van der Waals surface area contributed by atoms with Gasteiger partial charge in [0, 0.05) is 18.2 Å². The lowest BCUT2D eigenvalue weighted by Gasteiger charge is -2.10. The summed E-state index contributed by atoms with van der Waals surface area (Å²) in [6.45, 7) is 0. The standard InChI is InChI=1S/C15H18N2O3S3/c18-14(16-11-7-9-23(19,20)10-11)6-3-8-21-15-17-12-4-1-2-5-13(12)22-15/h1-2,4-5,11H,3,6-10H2,(H,16,18)/t11-/m0/s1. The topological polar surface area (TPSA) is 76.1 Å². The van der Waals surface area contributed by atoms with Crippen molar-refractivity contribution < 1.29 is 13.2 Å². The summed E-state index contributed by atoms with van der Waals surface area (Å²) < 4.78 is 24.9. The van der Waals surface area contributed by atoms with Crippen molar-refractivity contribution in [2.45, 2.75) is 29.6 Å². The molecular formula is C15H18N2O3S3. The van der Waals surface area contributed by atoms with Crippen LogP contribution in [0, 0.1) is 0 Å². The maximum absolute atomic E-state index is 11.8. The smallest absolute Gasteiger partial charge is 0.220 e. The first-order chi connectivity index (χ1) is 11.0. The summed E-state index contributed by atoms with van der Waals surface area (Å²) >= 11 is 3.33. The van der Waals surface area contributed by atoms with Crippen molar-refractivity contribution in [1.29, 1.82) is 0 Å². The second kappa shape index (κ2) is 7.19. The number of hydrogen-bond acceptors (Lipinski definition) is 6. The third-order valence-electron chi connectivity index (χ3n) is 3.65. The van der Waals surface area contributed by atoms with E-state index in [1.165, 1.54) is 4.70 Å². The Hall–Kier alpha value is -1.12. The van der Waals surface area contributed by atoms with Crippen molar-refractivity contribution in [1.82, 2.24) is 10.3 Å². The number of nitrogens with zero attached hydrogens (tertiary/aromatic N) is 1. The van der Waals surface area contributed by atoms with Crippen LogP contribution in [-0.4, -0.2) is 42.6 Å². The van der Waals surface area contributed by atoms with Gasteiger partial charge in [0.05, 0.1) is 21.7 Å². The lowest BCUT2D eigenvalue weighted by atomic mass is 10.2. The highest BCUT2D eigenvalue weighted by Gasteiger charge is 2.28. The Balaban J connectivity index is 1.38. The number of amides is 1. The third-order valence-corrected chi connectivity index (χ3v) is 7.68. The number of carbonyl (C=O) groups is 1. The SMILES string of the molecule is O=C(CCCSc1nc2ccccc2s1)N[C@H]1CCS(=O)(=O)C1. The Morgan fingerprint density at radius 1 is 1.39 bits per heavy atom. The van der Waals surface area contributed by atoms with Gasteiger partial charge in [0.15, 0.2) is 14.2 Å². The highest BCUT2D eigenvalue weighted by Crippen LogP contribution is 2.29. The monoisotopic (exact) mass is 370 g/mol. The number of hydrogen-bond donors (Lipinski definition) is 1. The maximum atomic E-state index is 11.8. The molecular weight excluding hydrogens is 352 g/mol. The summed E-state index contributed by atoms with van der Waals surface area (Å²) in [4.78, 5) is 16.4. The van der Waals surface area contributed by atoms with Gasteiger partial charge in [-0.2, -0.15) is 0 Å². The van der Waals surface area contributed by atoms with Crippen molar-refractivity contribution in [2.75, 3.05) is 17.3 Å². The van der Waals surface area contributed by atoms with Crippen LogP contribution in [0.1, 0.15) is 19.3 Å². The molecule has 1 fully saturated rings. The van der Waals surface area contributed by atoms with E-state index in [-0.39, 0.29) is 23.5 Å². The predicted octanol–water partition coefficient (Wildman–Crippen LogP) is 2.47. The number of nitrogens with one attached hydrogen (secondary N) is 1. The molecule has 1 amide bonds. The average molecular weight is 371 g/mol. The molecule has 0 unspecified atom stereocenters. The molecule has 0 radical (unpaired) electrons. The lowest BCUT2D eigenvalue weighted by molar-refractivity contribution is -0.121. The van der Waals surface area contributed by atoms with Crippen molar-refractivity contribution in [3.8, 4) is 0 Å². The van der Waals surface area contributed by atoms with Gasteiger partial charge in [-0.15, -0.1) is 11.3 Å². The van der Waals surface area contributed by atoms with Crippen LogP contribution in [0.5, 0.6) is 0 Å². The van der Waals surface area contributed by atoms with Crippen molar-refractivity contribution >= 4 is 49.1 Å². The molecule has 3 rings (SSSR count).